The van der Waals surface area contributed by atoms with Crippen LogP contribution in [0.4, 0.5) is 0 Å². The summed E-state index contributed by atoms with van der Waals surface area (Å²) in [5, 5.41) is 3.60. The van der Waals surface area contributed by atoms with Crippen LogP contribution >= 0.6 is 23.4 Å². The molecule has 0 aliphatic heterocycles. The highest BCUT2D eigenvalue weighted by Crippen LogP contribution is 2.26. The molecule has 0 unspecified atom stereocenters. The Morgan fingerprint density at radius 2 is 1.76 bits per heavy atom. The smallest absolute Gasteiger partial charge is 0.233 e. The van der Waals surface area contributed by atoms with Gasteiger partial charge in [-0.15, -0.1) is 11.8 Å². The van der Waals surface area contributed by atoms with Crippen molar-refractivity contribution in [3.05, 3.63) is 59.1 Å². The lowest BCUT2D eigenvalue weighted by Crippen LogP contribution is -2.31. The van der Waals surface area contributed by atoms with Crippen molar-refractivity contribution in [2.45, 2.75) is 50.0 Å². The van der Waals surface area contributed by atoms with E-state index in [1.54, 1.807) is 11.8 Å². The summed E-state index contributed by atoms with van der Waals surface area (Å²) in [7, 11) is 0. The fourth-order valence-electron chi connectivity index (χ4n) is 2.26. The molecular formula is C20H24ClNO2S. The standard InChI is InChI=1S/C20H24ClNO2S/c1-4-19(25-18-11-7-16(21)8-12-18)20(23)22-13-15-5-9-17(10-6-15)24-14(2)3/h5-12,14,19H,4,13H2,1-3H3,(H,22,23)/t19-/m1/s1. The molecule has 0 bridgehead atoms. The third-order valence-corrected chi connectivity index (χ3v) is 5.15. The molecule has 0 spiro atoms. The summed E-state index contributed by atoms with van der Waals surface area (Å²) in [6.07, 6.45) is 0.918. The van der Waals surface area contributed by atoms with Crippen LogP contribution < -0.4 is 10.1 Å². The number of carbonyl (C=O) groups is 1. The zero-order valence-corrected chi connectivity index (χ0v) is 16.4. The van der Waals surface area contributed by atoms with Crippen molar-refractivity contribution in [1.29, 1.82) is 0 Å². The summed E-state index contributed by atoms with van der Waals surface area (Å²) >= 11 is 7.46. The number of hydrogen-bond acceptors (Lipinski definition) is 3. The number of carbonyl (C=O) groups excluding carboxylic acids is 1. The molecule has 2 aromatic rings. The molecule has 0 heterocycles. The van der Waals surface area contributed by atoms with Crippen LogP contribution in [0.1, 0.15) is 32.8 Å². The quantitative estimate of drug-likeness (QED) is 0.633. The normalized spacial score (nSPS) is 12.0. The van der Waals surface area contributed by atoms with Gasteiger partial charge in [-0.05, 0) is 62.2 Å². The van der Waals surface area contributed by atoms with Crippen LogP contribution in [0.25, 0.3) is 0 Å². The predicted octanol–water partition coefficient (Wildman–Crippen LogP) is 5.31. The zero-order chi connectivity index (χ0) is 18.2. The average molecular weight is 378 g/mol. The molecule has 25 heavy (non-hydrogen) atoms. The van der Waals surface area contributed by atoms with Crippen LogP contribution in [0.3, 0.4) is 0 Å². The first-order valence-corrected chi connectivity index (χ1v) is 9.69. The van der Waals surface area contributed by atoms with Crippen molar-refractivity contribution in [1.82, 2.24) is 5.32 Å². The summed E-state index contributed by atoms with van der Waals surface area (Å²) in [5.74, 6) is 0.889. The van der Waals surface area contributed by atoms with Gasteiger partial charge in [-0.1, -0.05) is 30.7 Å². The zero-order valence-electron chi connectivity index (χ0n) is 14.8. The maximum Gasteiger partial charge on any atom is 0.233 e. The Labute approximate surface area is 159 Å². The number of ether oxygens (including phenoxy) is 1. The van der Waals surface area contributed by atoms with E-state index in [0.717, 1.165) is 22.6 Å². The van der Waals surface area contributed by atoms with E-state index in [1.165, 1.54) is 0 Å². The van der Waals surface area contributed by atoms with Gasteiger partial charge in [0.2, 0.25) is 5.91 Å². The Balaban J connectivity index is 1.87. The second kappa shape index (κ2) is 9.73. The topological polar surface area (TPSA) is 38.3 Å². The Morgan fingerprint density at radius 1 is 1.12 bits per heavy atom. The van der Waals surface area contributed by atoms with Gasteiger partial charge < -0.3 is 10.1 Å². The lowest BCUT2D eigenvalue weighted by atomic mass is 10.2. The molecule has 5 heteroatoms. The fraction of sp³-hybridized carbons (Fsp3) is 0.350. The van der Waals surface area contributed by atoms with Gasteiger partial charge in [0.25, 0.3) is 0 Å². The first-order valence-electron chi connectivity index (χ1n) is 8.43. The van der Waals surface area contributed by atoms with Gasteiger partial charge in [-0.2, -0.15) is 0 Å². The second-order valence-electron chi connectivity index (χ2n) is 6.00. The minimum atomic E-state index is -0.121. The molecule has 0 saturated heterocycles. The Bertz CT molecular complexity index is 671. The third-order valence-electron chi connectivity index (χ3n) is 3.52. The monoisotopic (exact) mass is 377 g/mol. The summed E-state index contributed by atoms with van der Waals surface area (Å²) in [5.41, 5.74) is 1.05. The largest absolute Gasteiger partial charge is 0.491 e. The third kappa shape index (κ3) is 6.63. The lowest BCUT2D eigenvalue weighted by molar-refractivity contribution is -0.120. The molecule has 134 valence electrons. The second-order valence-corrected chi connectivity index (χ2v) is 7.71. The van der Waals surface area contributed by atoms with Crippen LogP contribution in [0.15, 0.2) is 53.4 Å². The first kappa shape index (κ1) is 19.7. The van der Waals surface area contributed by atoms with Crippen molar-refractivity contribution in [3.8, 4) is 5.75 Å². The van der Waals surface area contributed by atoms with Crippen LogP contribution in [0.5, 0.6) is 5.75 Å². The lowest BCUT2D eigenvalue weighted by Gasteiger charge is -2.15. The minimum absolute atomic E-state index is 0.0463. The van der Waals surface area contributed by atoms with Gasteiger partial charge in [0.15, 0.2) is 0 Å². The molecule has 1 N–H and O–H groups in total. The number of halogens is 1. The molecule has 2 aromatic carbocycles. The Kier molecular flexibility index (Phi) is 7.66. The van der Waals surface area contributed by atoms with E-state index >= 15 is 0 Å². The van der Waals surface area contributed by atoms with Gasteiger partial charge >= 0.3 is 0 Å². The van der Waals surface area contributed by atoms with E-state index in [-0.39, 0.29) is 17.3 Å². The number of rotatable bonds is 8. The van der Waals surface area contributed by atoms with Gasteiger partial charge in [0.1, 0.15) is 5.75 Å². The molecule has 0 aromatic heterocycles. The number of benzene rings is 2. The molecule has 2 rings (SSSR count). The summed E-state index contributed by atoms with van der Waals surface area (Å²) < 4.78 is 5.63. The minimum Gasteiger partial charge on any atom is -0.491 e. The van der Waals surface area contributed by atoms with Crippen molar-refractivity contribution in [3.63, 3.8) is 0 Å². The van der Waals surface area contributed by atoms with E-state index in [2.05, 4.69) is 5.32 Å². The van der Waals surface area contributed by atoms with Crippen LogP contribution in [0, 0.1) is 0 Å². The number of nitrogens with one attached hydrogen (secondary N) is 1. The van der Waals surface area contributed by atoms with Crippen molar-refractivity contribution >= 4 is 29.3 Å². The summed E-state index contributed by atoms with van der Waals surface area (Å²) in [6.45, 7) is 6.53. The van der Waals surface area contributed by atoms with Crippen molar-refractivity contribution < 1.29 is 9.53 Å². The highest BCUT2D eigenvalue weighted by molar-refractivity contribution is 8.00. The average Bonchev–Trinajstić information content (AvgIpc) is 2.60. The van der Waals surface area contributed by atoms with Crippen LogP contribution in [-0.2, 0) is 11.3 Å². The highest BCUT2D eigenvalue weighted by atomic mass is 35.5. The van der Waals surface area contributed by atoms with Crippen LogP contribution in [0.2, 0.25) is 5.02 Å². The Morgan fingerprint density at radius 3 is 2.32 bits per heavy atom. The van der Waals surface area contributed by atoms with E-state index < -0.39 is 0 Å². The summed E-state index contributed by atoms with van der Waals surface area (Å²) in [6, 6.07) is 15.4. The Hall–Kier alpha value is -1.65. The molecular weight excluding hydrogens is 354 g/mol. The molecule has 0 radical (unpaired) electrons. The molecule has 1 amide bonds. The maximum atomic E-state index is 12.4. The van der Waals surface area contributed by atoms with Gasteiger partial charge in [0, 0.05) is 16.5 Å². The molecule has 0 fully saturated rings. The van der Waals surface area contributed by atoms with Gasteiger partial charge in [-0.25, -0.2) is 0 Å². The van der Waals surface area contributed by atoms with E-state index in [9.17, 15) is 4.79 Å². The van der Waals surface area contributed by atoms with Crippen LogP contribution in [-0.4, -0.2) is 17.3 Å². The SMILES string of the molecule is CC[C@@H](Sc1ccc(Cl)cc1)C(=O)NCc1ccc(OC(C)C)cc1. The summed E-state index contributed by atoms with van der Waals surface area (Å²) in [4.78, 5) is 13.5. The fourth-order valence-corrected chi connectivity index (χ4v) is 3.37. The van der Waals surface area contributed by atoms with E-state index in [4.69, 9.17) is 16.3 Å². The molecule has 0 saturated carbocycles. The predicted molar refractivity (Wildman–Crippen MR) is 105 cm³/mol. The number of hydrogen-bond donors (Lipinski definition) is 1. The van der Waals surface area contributed by atoms with E-state index in [1.807, 2.05) is 69.3 Å². The van der Waals surface area contributed by atoms with E-state index in [0.29, 0.717) is 11.6 Å². The highest BCUT2D eigenvalue weighted by Gasteiger charge is 2.17. The molecule has 3 nitrogen and oxygen atoms in total. The maximum absolute atomic E-state index is 12.4. The number of thioether (sulfide) groups is 1. The van der Waals surface area contributed by atoms with Gasteiger partial charge in [0.05, 0.1) is 11.4 Å². The van der Waals surface area contributed by atoms with Crippen molar-refractivity contribution in [2.75, 3.05) is 0 Å². The van der Waals surface area contributed by atoms with Crippen molar-refractivity contribution in [2.24, 2.45) is 0 Å². The van der Waals surface area contributed by atoms with Gasteiger partial charge in [-0.3, -0.25) is 4.79 Å². The molecule has 0 aliphatic carbocycles. The first-order chi connectivity index (χ1) is 12.0. The molecule has 1 atom stereocenters. The number of amides is 1. The molecule has 0 aliphatic rings.